The van der Waals surface area contributed by atoms with Crippen LogP contribution in [0.1, 0.15) is 35.5 Å². The Morgan fingerprint density at radius 1 is 1.33 bits per heavy atom. The van der Waals surface area contributed by atoms with Gasteiger partial charge in [-0.15, -0.1) is 0 Å². The second kappa shape index (κ2) is 7.57. The summed E-state index contributed by atoms with van der Waals surface area (Å²) in [6.45, 7) is 6.78. The third kappa shape index (κ3) is 4.41. The van der Waals surface area contributed by atoms with Gasteiger partial charge in [0.1, 0.15) is 5.82 Å². The third-order valence-corrected chi connectivity index (χ3v) is 4.15. The monoisotopic (exact) mass is 332 g/mol. The second-order valence-corrected chi connectivity index (χ2v) is 6.30. The lowest BCUT2D eigenvalue weighted by molar-refractivity contribution is -0.122. The van der Waals surface area contributed by atoms with Crippen LogP contribution in [0, 0.1) is 19.7 Å². The molecule has 0 aliphatic rings. The van der Waals surface area contributed by atoms with Crippen molar-refractivity contribution < 1.29 is 9.18 Å². The Hall–Kier alpha value is -2.21. The summed E-state index contributed by atoms with van der Waals surface area (Å²) in [5.41, 5.74) is 4.02. The van der Waals surface area contributed by atoms with E-state index in [1.807, 2.05) is 44.4 Å². The number of nitrogens with one attached hydrogen (secondary N) is 1. The molecule has 0 unspecified atom stereocenters. The van der Waals surface area contributed by atoms with E-state index in [0.717, 1.165) is 22.5 Å². The van der Waals surface area contributed by atoms with Gasteiger partial charge in [-0.05, 0) is 45.5 Å². The van der Waals surface area contributed by atoms with Crippen molar-refractivity contribution in [2.75, 3.05) is 13.6 Å². The van der Waals surface area contributed by atoms with Gasteiger partial charge in [-0.25, -0.2) is 4.39 Å². The normalized spacial score (nSPS) is 12.5. The van der Waals surface area contributed by atoms with Crippen LogP contribution in [0.3, 0.4) is 0 Å². The summed E-state index contributed by atoms with van der Waals surface area (Å²) in [4.78, 5) is 14.2. The van der Waals surface area contributed by atoms with Crippen molar-refractivity contribution in [1.29, 1.82) is 0 Å². The Morgan fingerprint density at radius 3 is 2.50 bits per heavy atom. The molecule has 0 aliphatic carbocycles. The van der Waals surface area contributed by atoms with E-state index in [0.29, 0.717) is 6.54 Å². The van der Waals surface area contributed by atoms with Gasteiger partial charge in [0.05, 0.1) is 18.3 Å². The Balaban J connectivity index is 1.91. The lowest BCUT2D eigenvalue weighted by Crippen LogP contribution is -2.36. The quantitative estimate of drug-likeness (QED) is 0.884. The summed E-state index contributed by atoms with van der Waals surface area (Å²) in [6, 6.07) is 6.23. The molecule has 0 fully saturated rings. The number of aromatic nitrogens is 2. The smallest absolute Gasteiger partial charge is 0.234 e. The van der Waals surface area contributed by atoms with Crippen molar-refractivity contribution in [3.8, 4) is 0 Å². The van der Waals surface area contributed by atoms with E-state index in [2.05, 4.69) is 10.4 Å². The van der Waals surface area contributed by atoms with E-state index >= 15 is 0 Å². The molecule has 0 spiro atoms. The van der Waals surface area contributed by atoms with Crippen molar-refractivity contribution in [1.82, 2.24) is 20.0 Å². The van der Waals surface area contributed by atoms with Crippen molar-refractivity contribution >= 4 is 5.91 Å². The molecular weight excluding hydrogens is 307 g/mol. The largest absolute Gasteiger partial charge is 0.348 e. The molecule has 1 aromatic heterocycles. The van der Waals surface area contributed by atoms with Crippen LogP contribution in [0.15, 0.2) is 24.3 Å². The molecule has 1 atom stereocenters. The average Bonchev–Trinajstić information content (AvgIpc) is 2.74. The zero-order chi connectivity index (χ0) is 17.9. The second-order valence-electron chi connectivity index (χ2n) is 6.30. The van der Waals surface area contributed by atoms with E-state index in [1.165, 1.54) is 12.1 Å². The first-order chi connectivity index (χ1) is 11.3. The molecule has 1 N–H and O–H groups in total. The molecule has 1 amide bonds. The summed E-state index contributed by atoms with van der Waals surface area (Å²) in [5, 5.41) is 7.41. The Bertz CT molecular complexity index is 709. The van der Waals surface area contributed by atoms with E-state index in [1.54, 1.807) is 12.1 Å². The number of aryl methyl sites for hydroxylation is 2. The molecule has 0 saturated heterocycles. The number of hydrogen-bond donors (Lipinski definition) is 1. The van der Waals surface area contributed by atoms with Crippen LogP contribution >= 0.6 is 0 Å². The number of carbonyl (C=O) groups excluding carboxylic acids is 1. The molecule has 6 heteroatoms. The van der Waals surface area contributed by atoms with E-state index < -0.39 is 0 Å². The first-order valence-electron chi connectivity index (χ1n) is 8.00. The minimum atomic E-state index is -0.254. The molecule has 0 bridgehead atoms. The number of hydrogen-bond acceptors (Lipinski definition) is 3. The van der Waals surface area contributed by atoms with Gasteiger partial charge >= 0.3 is 0 Å². The lowest BCUT2D eigenvalue weighted by Gasteiger charge is -2.19. The van der Waals surface area contributed by atoms with Crippen LogP contribution in [0.5, 0.6) is 0 Å². The van der Waals surface area contributed by atoms with Gasteiger partial charge < -0.3 is 5.32 Å². The average molecular weight is 332 g/mol. The Kier molecular flexibility index (Phi) is 5.72. The summed E-state index contributed by atoms with van der Waals surface area (Å²) in [7, 11) is 3.77. The Morgan fingerprint density at radius 2 is 1.96 bits per heavy atom. The Labute approximate surface area is 142 Å². The fraction of sp³-hybridized carbons (Fsp3) is 0.444. The van der Waals surface area contributed by atoms with Gasteiger partial charge in [-0.1, -0.05) is 12.1 Å². The third-order valence-electron chi connectivity index (χ3n) is 4.15. The maximum atomic E-state index is 12.9. The standard InChI is InChI=1S/C18H25FN4O/c1-12(18-13(2)21-23(5)14(18)3)20-17(24)11-22(4)10-15-6-8-16(19)9-7-15/h6-9,12H,10-11H2,1-5H3,(H,20,24)/t12-/m1/s1. The topological polar surface area (TPSA) is 50.2 Å². The number of amides is 1. The first-order valence-corrected chi connectivity index (χ1v) is 8.00. The number of likely N-dealkylation sites (N-methyl/N-ethyl adjacent to an activating group) is 1. The van der Waals surface area contributed by atoms with Gasteiger partial charge in [-0.3, -0.25) is 14.4 Å². The molecular formula is C18H25FN4O. The molecule has 2 rings (SSSR count). The highest BCUT2D eigenvalue weighted by Crippen LogP contribution is 2.20. The van der Waals surface area contributed by atoms with E-state index in [-0.39, 0.29) is 24.3 Å². The summed E-state index contributed by atoms with van der Waals surface area (Å²) in [6.07, 6.45) is 0. The zero-order valence-electron chi connectivity index (χ0n) is 14.9. The fourth-order valence-electron chi connectivity index (χ4n) is 2.98. The SMILES string of the molecule is Cc1nn(C)c(C)c1[C@@H](C)NC(=O)CN(C)Cc1ccc(F)cc1. The molecule has 24 heavy (non-hydrogen) atoms. The minimum Gasteiger partial charge on any atom is -0.348 e. The number of benzene rings is 1. The van der Waals surface area contributed by atoms with Gasteiger partial charge in [-0.2, -0.15) is 5.10 Å². The van der Waals surface area contributed by atoms with Gasteiger partial charge in [0.2, 0.25) is 5.91 Å². The number of rotatable bonds is 6. The maximum absolute atomic E-state index is 12.9. The van der Waals surface area contributed by atoms with Crippen molar-refractivity contribution in [3.63, 3.8) is 0 Å². The van der Waals surface area contributed by atoms with Crippen molar-refractivity contribution in [2.45, 2.75) is 33.4 Å². The predicted octanol–water partition coefficient (Wildman–Crippen LogP) is 2.49. The molecule has 0 aliphatic heterocycles. The number of halogens is 1. The van der Waals surface area contributed by atoms with E-state index in [9.17, 15) is 9.18 Å². The molecule has 5 nitrogen and oxygen atoms in total. The number of nitrogens with zero attached hydrogens (tertiary/aromatic N) is 3. The molecule has 130 valence electrons. The highest BCUT2D eigenvalue weighted by molar-refractivity contribution is 5.78. The van der Waals surface area contributed by atoms with Crippen molar-refractivity contribution in [3.05, 3.63) is 52.6 Å². The fourth-order valence-corrected chi connectivity index (χ4v) is 2.98. The zero-order valence-corrected chi connectivity index (χ0v) is 14.9. The van der Waals surface area contributed by atoms with Gasteiger partial charge in [0.25, 0.3) is 0 Å². The highest BCUT2D eigenvalue weighted by Gasteiger charge is 2.18. The predicted molar refractivity (Wildman–Crippen MR) is 92.0 cm³/mol. The molecule has 1 heterocycles. The first kappa shape index (κ1) is 18.1. The minimum absolute atomic E-state index is 0.0465. The van der Waals surface area contributed by atoms with E-state index in [4.69, 9.17) is 0 Å². The summed E-state index contributed by atoms with van der Waals surface area (Å²) >= 11 is 0. The van der Waals surface area contributed by atoms with Gasteiger partial charge in [0, 0.05) is 24.8 Å². The van der Waals surface area contributed by atoms with Crippen LogP contribution in [0.4, 0.5) is 4.39 Å². The molecule has 0 saturated carbocycles. The van der Waals surface area contributed by atoms with Crippen molar-refractivity contribution in [2.24, 2.45) is 7.05 Å². The van der Waals surface area contributed by atoms with Crippen LogP contribution in [0.2, 0.25) is 0 Å². The molecule has 1 aromatic carbocycles. The maximum Gasteiger partial charge on any atom is 0.234 e. The van der Waals surface area contributed by atoms with Crippen LogP contribution in [-0.4, -0.2) is 34.2 Å². The lowest BCUT2D eigenvalue weighted by atomic mass is 10.1. The number of carbonyl (C=O) groups is 1. The summed E-state index contributed by atoms with van der Waals surface area (Å²) < 4.78 is 14.7. The highest BCUT2D eigenvalue weighted by atomic mass is 19.1. The van der Waals surface area contributed by atoms with Gasteiger partial charge in [0.15, 0.2) is 0 Å². The molecule has 0 radical (unpaired) electrons. The van der Waals surface area contributed by atoms with Crippen LogP contribution < -0.4 is 5.32 Å². The van der Waals surface area contributed by atoms with Crippen LogP contribution in [-0.2, 0) is 18.4 Å². The molecule has 2 aromatic rings. The summed E-state index contributed by atoms with van der Waals surface area (Å²) in [5.74, 6) is -0.301. The van der Waals surface area contributed by atoms with Crippen LogP contribution in [0.25, 0.3) is 0 Å².